The summed E-state index contributed by atoms with van der Waals surface area (Å²) in [5.74, 6) is 0. The van der Waals surface area contributed by atoms with Gasteiger partial charge in [0, 0.05) is 15.9 Å². The van der Waals surface area contributed by atoms with Crippen LogP contribution < -0.4 is 0 Å². The Labute approximate surface area is 148 Å². The lowest BCUT2D eigenvalue weighted by molar-refractivity contribution is -0.137. The van der Waals surface area contributed by atoms with Crippen molar-refractivity contribution in [2.45, 2.75) is 29.8 Å². The third-order valence-corrected chi connectivity index (χ3v) is 5.08. The molecule has 125 valence electrons. The van der Waals surface area contributed by atoms with E-state index in [2.05, 4.69) is 12.1 Å². The van der Waals surface area contributed by atoms with Gasteiger partial charge in [-0.25, -0.2) is 0 Å². The van der Waals surface area contributed by atoms with Crippen molar-refractivity contribution in [2.24, 2.45) is 0 Å². The molecular weight excluding hydrogens is 351 g/mol. The average Bonchev–Trinajstić information content (AvgIpc) is 2.52. The number of alkyl halides is 3. The van der Waals surface area contributed by atoms with E-state index in [0.29, 0.717) is 32.0 Å². The maximum Gasteiger partial charge on any atom is 0.417 e. The smallest absolute Gasteiger partial charge is 0.192 e. The number of halogens is 3. The van der Waals surface area contributed by atoms with Gasteiger partial charge in [-0.05, 0) is 66.8 Å². The fraction of sp³-hybridized carbons (Fsp3) is 0.278. The summed E-state index contributed by atoms with van der Waals surface area (Å²) < 4.78 is 41.0. The zero-order valence-corrected chi connectivity index (χ0v) is 15.3. The lowest BCUT2D eigenvalue weighted by Crippen LogP contribution is -2.10. The highest BCUT2D eigenvalue weighted by molar-refractivity contribution is 7.99. The second-order valence-electron chi connectivity index (χ2n) is 5.23. The fourth-order valence-electron chi connectivity index (χ4n) is 2.65. The van der Waals surface area contributed by atoms with Crippen LogP contribution in [0.3, 0.4) is 0 Å². The van der Waals surface area contributed by atoms with Gasteiger partial charge in [-0.2, -0.15) is 18.4 Å². The second kappa shape index (κ2) is 7.12. The molecule has 1 nitrogen and oxygen atoms in total. The van der Waals surface area contributed by atoms with Crippen LogP contribution in [0.25, 0.3) is 11.1 Å². The standard InChI is InChI=1S/C18H15F3NS2/c1-10-5-12(9-22)7-15(24-4)17(10)16-11(2)6-13(23-3)8-14(16)18(19,20)21/h5,7-8H,1-4H3. The highest BCUT2D eigenvalue weighted by Crippen LogP contribution is 2.44. The predicted octanol–water partition coefficient (Wildman–Crippen LogP) is 6.10. The van der Waals surface area contributed by atoms with Gasteiger partial charge in [-0.15, -0.1) is 23.5 Å². The van der Waals surface area contributed by atoms with E-state index in [0.717, 1.165) is 6.07 Å². The minimum absolute atomic E-state index is 0.145. The Balaban J connectivity index is 2.90. The Morgan fingerprint density at radius 3 is 2.21 bits per heavy atom. The molecule has 0 N–H and O–H groups in total. The number of nitrogens with zero attached hydrogens (tertiary/aromatic N) is 1. The molecule has 0 bridgehead atoms. The van der Waals surface area contributed by atoms with Crippen molar-refractivity contribution in [1.29, 1.82) is 5.26 Å². The van der Waals surface area contributed by atoms with Gasteiger partial charge in [0.05, 0.1) is 17.2 Å². The number of rotatable bonds is 3. The molecule has 0 aliphatic rings. The van der Waals surface area contributed by atoms with Crippen LogP contribution in [0.4, 0.5) is 13.2 Å². The summed E-state index contributed by atoms with van der Waals surface area (Å²) in [6.07, 6.45) is -0.941. The number of hydrogen-bond acceptors (Lipinski definition) is 3. The molecule has 2 rings (SSSR count). The van der Waals surface area contributed by atoms with Crippen molar-refractivity contribution in [3.8, 4) is 17.2 Å². The monoisotopic (exact) mass is 366 g/mol. The van der Waals surface area contributed by atoms with Crippen LogP contribution in [-0.4, -0.2) is 12.5 Å². The van der Waals surface area contributed by atoms with Crippen LogP contribution in [-0.2, 0) is 6.18 Å². The molecule has 0 saturated carbocycles. The molecule has 0 fully saturated rings. The molecule has 2 aromatic carbocycles. The molecule has 0 heterocycles. The summed E-state index contributed by atoms with van der Waals surface area (Å²) in [4.78, 5) is 1.12. The number of nitriles is 1. The number of thioether (sulfide) groups is 2. The van der Waals surface area contributed by atoms with Gasteiger partial charge in [0.2, 0.25) is 0 Å². The van der Waals surface area contributed by atoms with Gasteiger partial charge >= 0.3 is 6.18 Å². The first-order valence-electron chi connectivity index (χ1n) is 7.00. The molecular formula is C18H15F3NS2. The zero-order valence-electron chi connectivity index (χ0n) is 13.6. The van der Waals surface area contributed by atoms with E-state index in [1.165, 1.54) is 23.5 Å². The van der Waals surface area contributed by atoms with Crippen LogP contribution >= 0.6 is 23.5 Å². The van der Waals surface area contributed by atoms with Crippen LogP contribution in [0.5, 0.6) is 0 Å². The molecule has 0 unspecified atom stereocenters. The van der Waals surface area contributed by atoms with Crippen molar-refractivity contribution in [1.82, 2.24) is 0 Å². The molecule has 0 atom stereocenters. The third-order valence-electron chi connectivity index (χ3n) is 3.65. The van der Waals surface area contributed by atoms with Gasteiger partial charge in [-0.3, -0.25) is 0 Å². The summed E-state index contributed by atoms with van der Waals surface area (Å²) in [6, 6.07) is 9.49. The highest BCUT2D eigenvalue weighted by Gasteiger charge is 2.36. The van der Waals surface area contributed by atoms with Gasteiger partial charge in [0.15, 0.2) is 0 Å². The van der Waals surface area contributed by atoms with E-state index in [9.17, 15) is 13.2 Å². The van der Waals surface area contributed by atoms with Gasteiger partial charge < -0.3 is 0 Å². The normalized spacial score (nSPS) is 11.4. The van der Waals surface area contributed by atoms with Gasteiger partial charge in [0.1, 0.15) is 0 Å². The van der Waals surface area contributed by atoms with E-state index in [-0.39, 0.29) is 5.56 Å². The van der Waals surface area contributed by atoms with Crippen LogP contribution in [0.15, 0.2) is 28.0 Å². The first kappa shape index (κ1) is 18.8. The predicted molar refractivity (Wildman–Crippen MR) is 93.5 cm³/mol. The van der Waals surface area contributed by atoms with E-state index >= 15 is 0 Å². The summed E-state index contributed by atoms with van der Waals surface area (Å²) >= 11 is 2.57. The highest BCUT2D eigenvalue weighted by atomic mass is 32.2. The second-order valence-corrected chi connectivity index (χ2v) is 6.93. The Morgan fingerprint density at radius 1 is 1.04 bits per heavy atom. The SMILES string of the molecule is CSc1[c]c(C)c(-c2c(C)cc(C#N)cc2SC)c(C(F)(F)F)c1. The maximum atomic E-state index is 13.7. The molecule has 1 radical (unpaired) electrons. The van der Waals surface area contributed by atoms with E-state index < -0.39 is 11.7 Å². The van der Waals surface area contributed by atoms with Crippen LogP contribution in [0.2, 0.25) is 0 Å². The molecule has 0 spiro atoms. The molecule has 6 heteroatoms. The number of benzene rings is 2. The zero-order chi connectivity index (χ0) is 18.1. The fourth-order valence-corrected chi connectivity index (χ4v) is 3.85. The van der Waals surface area contributed by atoms with Gasteiger partial charge in [0.25, 0.3) is 0 Å². The molecule has 0 aliphatic carbocycles. The molecule has 0 amide bonds. The van der Waals surface area contributed by atoms with Crippen molar-refractivity contribution in [2.75, 3.05) is 12.5 Å². The Hall–Kier alpha value is -1.58. The molecule has 2 aromatic rings. The minimum Gasteiger partial charge on any atom is -0.192 e. The van der Waals surface area contributed by atoms with Crippen molar-refractivity contribution >= 4 is 23.5 Å². The first-order valence-corrected chi connectivity index (χ1v) is 9.45. The first-order chi connectivity index (χ1) is 11.2. The van der Waals surface area contributed by atoms with E-state index in [4.69, 9.17) is 5.26 Å². The minimum atomic E-state index is -4.46. The Bertz CT molecular complexity index is 820. The third kappa shape index (κ3) is 3.57. The van der Waals surface area contributed by atoms with E-state index in [1.54, 1.807) is 38.5 Å². The van der Waals surface area contributed by atoms with Gasteiger partial charge in [-0.1, -0.05) is 0 Å². The lowest BCUT2D eigenvalue weighted by Gasteiger charge is -2.20. The largest absolute Gasteiger partial charge is 0.417 e. The number of aryl methyl sites for hydroxylation is 2. The molecule has 0 saturated heterocycles. The maximum absolute atomic E-state index is 13.7. The summed E-state index contributed by atoms with van der Waals surface area (Å²) in [5, 5.41) is 9.10. The van der Waals surface area contributed by atoms with E-state index in [1.807, 2.05) is 0 Å². The molecule has 0 aromatic heterocycles. The quantitative estimate of drug-likeness (QED) is 0.613. The van der Waals surface area contributed by atoms with Crippen molar-refractivity contribution < 1.29 is 13.2 Å². The van der Waals surface area contributed by atoms with Crippen molar-refractivity contribution in [3.05, 3.63) is 46.5 Å². The van der Waals surface area contributed by atoms with Crippen LogP contribution in [0, 0.1) is 31.2 Å². The van der Waals surface area contributed by atoms with Crippen LogP contribution in [0.1, 0.15) is 22.3 Å². The Kier molecular flexibility index (Phi) is 5.56. The molecule has 24 heavy (non-hydrogen) atoms. The summed E-state index contributed by atoms with van der Waals surface area (Å²) in [5.41, 5.74) is 1.55. The number of hydrogen-bond donors (Lipinski definition) is 0. The average molecular weight is 366 g/mol. The Morgan fingerprint density at radius 2 is 1.71 bits per heavy atom. The summed E-state index contributed by atoms with van der Waals surface area (Å²) in [7, 11) is 0. The molecule has 0 aliphatic heterocycles. The van der Waals surface area contributed by atoms with Crippen molar-refractivity contribution in [3.63, 3.8) is 0 Å². The summed E-state index contributed by atoms with van der Waals surface area (Å²) in [6.45, 7) is 3.38. The topological polar surface area (TPSA) is 23.8 Å². The lowest BCUT2D eigenvalue weighted by atomic mass is 9.91.